The molecule has 0 saturated carbocycles. The number of rotatable bonds is 8. The van der Waals surface area contributed by atoms with Crippen LogP contribution in [0.4, 0.5) is 10.5 Å². The van der Waals surface area contributed by atoms with E-state index < -0.39 is 40.0 Å². The first kappa shape index (κ1) is 24.0. The van der Waals surface area contributed by atoms with Crippen LogP contribution >= 0.6 is 0 Å². The van der Waals surface area contributed by atoms with Crippen LogP contribution < -0.4 is 15.4 Å². The normalized spacial score (nSPS) is 19.0. The zero-order chi connectivity index (χ0) is 23.5. The first-order valence-electron chi connectivity index (χ1n) is 10.4. The lowest BCUT2D eigenvalue weighted by Gasteiger charge is -2.26. The molecule has 176 valence electrons. The van der Waals surface area contributed by atoms with Crippen LogP contribution in [0.2, 0.25) is 0 Å². The highest BCUT2D eigenvalue weighted by molar-refractivity contribution is 7.89. The van der Waals surface area contributed by atoms with Crippen molar-refractivity contribution in [3.63, 3.8) is 0 Å². The van der Waals surface area contributed by atoms with Crippen molar-refractivity contribution in [2.45, 2.75) is 37.1 Å². The molecule has 2 aliphatic rings. The molecule has 32 heavy (non-hydrogen) atoms. The van der Waals surface area contributed by atoms with E-state index in [2.05, 4.69) is 10.6 Å². The number of ether oxygens (including phenoxy) is 2. The van der Waals surface area contributed by atoms with E-state index in [0.29, 0.717) is 26.1 Å². The van der Waals surface area contributed by atoms with E-state index in [-0.39, 0.29) is 29.4 Å². The van der Waals surface area contributed by atoms with Crippen molar-refractivity contribution in [2.24, 2.45) is 0 Å². The summed E-state index contributed by atoms with van der Waals surface area (Å²) in [5, 5.41) is 5.22. The number of nitrogens with one attached hydrogen (secondary N) is 2. The minimum absolute atomic E-state index is 0.0125. The van der Waals surface area contributed by atoms with Gasteiger partial charge in [-0.2, -0.15) is 4.31 Å². The minimum atomic E-state index is -3.79. The zero-order valence-corrected chi connectivity index (χ0v) is 19.2. The van der Waals surface area contributed by atoms with E-state index >= 15 is 0 Å². The summed E-state index contributed by atoms with van der Waals surface area (Å²) >= 11 is 0. The number of urea groups is 1. The van der Waals surface area contributed by atoms with Crippen LogP contribution in [0.25, 0.3) is 0 Å². The summed E-state index contributed by atoms with van der Waals surface area (Å²) in [5.41, 5.74) is -0.891. The maximum Gasteiger partial charge on any atom is 0.325 e. The Morgan fingerprint density at radius 2 is 1.88 bits per heavy atom. The fourth-order valence-electron chi connectivity index (χ4n) is 3.76. The number of carbonyl (C=O) groups is 3. The number of carbonyl (C=O) groups excluding carboxylic acids is 3. The molecule has 0 spiro atoms. The largest absolute Gasteiger partial charge is 0.495 e. The van der Waals surface area contributed by atoms with Gasteiger partial charge in [-0.15, -0.1) is 0 Å². The minimum Gasteiger partial charge on any atom is -0.495 e. The second-order valence-electron chi connectivity index (χ2n) is 7.54. The second-order valence-corrected chi connectivity index (χ2v) is 9.48. The molecule has 0 aliphatic carbocycles. The zero-order valence-electron chi connectivity index (χ0n) is 18.3. The van der Waals surface area contributed by atoms with E-state index in [9.17, 15) is 22.8 Å². The van der Waals surface area contributed by atoms with Crippen molar-refractivity contribution in [1.29, 1.82) is 0 Å². The number of morpholine rings is 1. The Labute approximate surface area is 187 Å². The summed E-state index contributed by atoms with van der Waals surface area (Å²) in [6, 6.07) is 3.50. The maximum atomic E-state index is 12.9. The summed E-state index contributed by atoms with van der Waals surface area (Å²) in [5.74, 6) is -0.873. The van der Waals surface area contributed by atoms with Crippen molar-refractivity contribution in [1.82, 2.24) is 14.5 Å². The van der Waals surface area contributed by atoms with Crippen LogP contribution in [-0.2, 0) is 24.3 Å². The molecule has 0 aromatic heterocycles. The lowest BCUT2D eigenvalue weighted by molar-refractivity contribution is -0.134. The Kier molecular flexibility index (Phi) is 7.06. The highest BCUT2D eigenvalue weighted by Crippen LogP contribution is 2.30. The van der Waals surface area contributed by atoms with Crippen molar-refractivity contribution in [3.05, 3.63) is 18.2 Å². The summed E-state index contributed by atoms with van der Waals surface area (Å²) in [7, 11) is -2.41. The average molecular weight is 469 g/mol. The summed E-state index contributed by atoms with van der Waals surface area (Å²) < 4.78 is 37.6. The first-order valence-corrected chi connectivity index (χ1v) is 11.8. The molecule has 2 N–H and O–H groups in total. The third-order valence-electron chi connectivity index (χ3n) is 5.81. The van der Waals surface area contributed by atoms with Gasteiger partial charge in [-0.1, -0.05) is 13.8 Å². The molecule has 11 nitrogen and oxygen atoms in total. The van der Waals surface area contributed by atoms with E-state index in [1.807, 2.05) is 0 Å². The molecule has 0 unspecified atom stereocenters. The monoisotopic (exact) mass is 468 g/mol. The molecule has 1 aromatic rings. The molecule has 0 radical (unpaired) electrons. The first-order chi connectivity index (χ1) is 15.2. The molecule has 3 rings (SSSR count). The topological polar surface area (TPSA) is 134 Å². The Balaban J connectivity index is 1.79. The molecule has 12 heteroatoms. The number of methoxy groups -OCH3 is 1. The van der Waals surface area contributed by atoms with Gasteiger partial charge < -0.3 is 20.1 Å². The number of nitrogens with zero attached hydrogens (tertiary/aromatic N) is 2. The molecular weight excluding hydrogens is 440 g/mol. The molecular formula is C20H28N4O7S. The molecule has 2 fully saturated rings. The average Bonchev–Trinajstić information content (AvgIpc) is 3.04. The molecule has 0 atom stereocenters. The van der Waals surface area contributed by atoms with Crippen LogP contribution in [0.5, 0.6) is 5.75 Å². The van der Waals surface area contributed by atoms with Crippen molar-refractivity contribution in [2.75, 3.05) is 45.3 Å². The van der Waals surface area contributed by atoms with Crippen molar-refractivity contribution in [3.8, 4) is 5.75 Å². The van der Waals surface area contributed by atoms with Crippen molar-refractivity contribution >= 4 is 33.6 Å². The smallest absolute Gasteiger partial charge is 0.325 e. The summed E-state index contributed by atoms with van der Waals surface area (Å²) in [4.78, 5) is 38.5. The predicted octanol–water partition coefficient (Wildman–Crippen LogP) is 0.765. The fourth-order valence-corrected chi connectivity index (χ4v) is 5.20. The highest BCUT2D eigenvalue weighted by Gasteiger charge is 2.49. The van der Waals surface area contributed by atoms with Gasteiger partial charge in [0, 0.05) is 13.1 Å². The quantitative estimate of drug-likeness (QED) is 0.538. The lowest BCUT2D eigenvalue weighted by Crippen LogP contribution is -2.46. The van der Waals surface area contributed by atoms with E-state index in [4.69, 9.17) is 9.47 Å². The molecule has 4 amide bonds. The lowest BCUT2D eigenvalue weighted by atomic mass is 9.93. The Morgan fingerprint density at radius 3 is 2.44 bits per heavy atom. The van der Waals surface area contributed by atoms with Gasteiger partial charge in [0.05, 0.1) is 30.9 Å². The van der Waals surface area contributed by atoms with Crippen LogP contribution in [-0.4, -0.2) is 81.0 Å². The van der Waals surface area contributed by atoms with E-state index in [1.54, 1.807) is 13.8 Å². The SMILES string of the molecule is CCC1(CC)NC(=O)N(CC(=O)Nc2cc(S(=O)(=O)N3CCOCC3)ccc2OC)C1=O. The van der Waals surface area contributed by atoms with E-state index in [0.717, 1.165) is 4.90 Å². The molecule has 2 heterocycles. The van der Waals surface area contributed by atoms with Crippen LogP contribution in [0, 0.1) is 0 Å². The number of anilines is 1. The third-order valence-corrected chi connectivity index (χ3v) is 7.70. The summed E-state index contributed by atoms with van der Waals surface area (Å²) in [6.07, 6.45) is 0.808. The van der Waals surface area contributed by atoms with Gasteiger partial charge >= 0.3 is 6.03 Å². The highest BCUT2D eigenvalue weighted by atomic mass is 32.2. The maximum absolute atomic E-state index is 12.9. The second kappa shape index (κ2) is 9.43. The van der Waals surface area contributed by atoms with Crippen LogP contribution in [0.3, 0.4) is 0 Å². The van der Waals surface area contributed by atoms with Gasteiger partial charge in [0.15, 0.2) is 0 Å². The Bertz CT molecular complexity index is 1000. The number of benzene rings is 1. The molecule has 1 aromatic carbocycles. The Hall–Kier alpha value is -2.70. The fraction of sp³-hybridized carbons (Fsp3) is 0.550. The van der Waals surface area contributed by atoms with Gasteiger partial charge in [0.25, 0.3) is 5.91 Å². The van der Waals surface area contributed by atoms with Gasteiger partial charge in [0.2, 0.25) is 15.9 Å². The van der Waals surface area contributed by atoms with E-state index in [1.165, 1.54) is 29.6 Å². The number of sulfonamides is 1. The number of imide groups is 1. The molecule has 0 bridgehead atoms. The molecule has 2 aliphatic heterocycles. The number of hydrogen-bond donors (Lipinski definition) is 2. The van der Waals surface area contributed by atoms with Gasteiger partial charge in [-0.3, -0.25) is 14.5 Å². The van der Waals surface area contributed by atoms with Gasteiger partial charge in [-0.05, 0) is 31.0 Å². The predicted molar refractivity (Wildman–Crippen MR) is 115 cm³/mol. The van der Waals surface area contributed by atoms with Crippen LogP contribution in [0.1, 0.15) is 26.7 Å². The summed E-state index contributed by atoms with van der Waals surface area (Å²) in [6.45, 7) is 4.16. The van der Waals surface area contributed by atoms with Crippen LogP contribution in [0.15, 0.2) is 23.1 Å². The van der Waals surface area contributed by atoms with Crippen molar-refractivity contribution < 1.29 is 32.3 Å². The Morgan fingerprint density at radius 1 is 1.22 bits per heavy atom. The van der Waals surface area contributed by atoms with Gasteiger partial charge in [-0.25, -0.2) is 13.2 Å². The number of hydrogen-bond acceptors (Lipinski definition) is 7. The molecule has 2 saturated heterocycles. The third kappa shape index (κ3) is 4.43. The standard InChI is InChI=1S/C20H28N4O7S/c1-4-20(5-2)18(26)24(19(27)22-20)13-17(25)21-15-12-14(6-7-16(15)30-3)32(28,29)23-8-10-31-11-9-23/h6-7,12H,4-5,8-11,13H2,1-3H3,(H,21,25)(H,22,27). The number of amides is 4. The van der Waals surface area contributed by atoms with Gasteiger partial charge in [0.1, 0.15) is 17.8 Å².